The van der Waals surface area contributed by atoms with Gasteiger partial charge in [-0.1, -0.05) is 12.1 Å². The fraction of sp³-hybridized carbons (Fsp3) is 0.588. The van der Waals surface area contributed by atoms with Gasteiger partial charge in [0, 0.05) is 37.9 Å². The first-order valence-corrected chi connectivity index (χ1v) is 10.4. The largest absolute Gasteiger partial charge is 0.371 e. The summed E-state index contributed by atoms with van der Waals surface area (Å²) in [6.45, 7) is 3.18. The van der Waals surface area contributed by atoms with E-state index in [2.05, 4.69) is 9.62 Å². The van der Waals surface area contributed by atoms with Crippen LogP contribution in [0.2, 0.25) is 0 Å². The van der Waals surface area contributed by atoms with Gasteiger partial charge >= 0.3 is 0 Å². The molecule has 0 saturated carbocycles. The number of nitrogens with zero attached hydrogens (tertiary/aromatic N) is 2. The normalized spacial score (nSPS) is 19.7. The minimum atomic E-state index is -3.19. The molecular weight excluding hydrogens is 326 g/mol. The minimum absolute atomic E-state index is 0.0512. The molecule has 24 heavy (non-hydrogen) atoms. The number of sulfonamides is 1. The zero-order chi connectivity index (χ0) is 17.2. The molecule has 0 aliphatic carbocycles. The van der Waals surface area contributed by atoms with Gasteiger partial charge in [0.25, 0.3) is 5.91 Å². The fourth-order valence-electron chi connectivity index (χ4n) is 3.56. The molecule has 1 aromatic carbocycles. The monoisotopic (exact) mass is 351 g/mol. The van der Waals surface area contributed by atoms with Gasteiger partial charge in [-0.25, -0.2) is 13.1 Å². The van der Waals surface area contributed by atoms with Crippen molar-refractivity contribution in [2.24, 2.45) is 0 Å². The summed E-state index contributed by atoms with van der Waals surface area (Å²) in [5, 5.41) is 0. The molecule has 2 aliphatic heterocycles. The number of piperidine rings is 1. The Labute approximate surface area is 143 Å². The lowest BCUT2D eigenvalue weighted by atomic mass is 10.0. The molecule has 0 aromatic heterocycles. The lowest BCUT2D eigenvalue weighted by Gasteiger charge is -2.33. The second kappa shape index (κ2) is 7.11. The van der Waals surface area contributed by atoms with E-state index in [4.69, 9.17) is 0 Å². The van der Waals surface area contributed by atoms with Gasteiger partial charge in [-0.05, 0) is 37.8 Å². The van der Waals surface area contributed by atoms with Crippen LogP contribution in [0.25, 0.3) is 0 Å². The van der Waals surface area contributed by atoms with E-state index in [1.807, 2.05) is 29.2 Å². The molecule has 0 bridgehead atoms. The lowest BCUT2D eigenvalue weighted by molar-refractivity contribution is 0.0712. The van der Waals surface area contributed by atoms with Crippen LogP contribution in [0.4, 0.5) is 5.69 Å². The van der Waals surface area contributed by atoms with Crippen molar-refractivity contribution in [3.8, 4) is 0 Å². The Morgan fingerprint density at radius 1 is 1.08 bits per heavy atom. The van der Waals surface area contributed by atoms with E-state index in [9.17, 15) is 13.2 Å². The van der Waals surface area contributed by atoms with Crippen molar-refractivity contribution in [3.05, 3.63) is 29.8 Å². The zero-order valence-corrected chi connectivity index (χ0v) is 14.9. The van der Waals surface area contributed by atoms with Crippen LogP contribution in [-0.2, 0) is 10.0 Å². The molecule has 1 N–H and O–H groups in total. The topological polar surface area (TPSA) is 69.7 Å². The van der Waals surface area contributed by atoms with Crippen LogP contribution < -0.4 is 9.62 Å². The SMILES string of the molecule is CS(=O)(=O)NC1CCN(C(=O)c2ccccc2N2CCCC2)CC1. The second-order valence-corrected chi connectivity index (χ2v) is 8.45. The van der Waals surface area contributed by atoms with Crippen LogP contribution in [0.3, 0.4) is 0 Å². The van der Waals surface area contributed by atoms with Gasteiger partial charge in [-0.3, -0.25) is 4.79 Å². The Morgan fingerprint density at radius 2 is 1.71 bits per heavy atom. The highest BCUT2D eigenvalue weighted by Crippen LogP contribution is 2.26. The number of para-hydroxylation sites is 1. The van der Waals surface area contributed by atoms with Gasteiger partial charge in [0.1, 0.15) is 0 Å². The molecule has 0 atom stereocenters. The first-order chi connectivity index (χ1) is 11.4. The van der Waals surface area contributed by atoms with Crippen molar-refractivity contribution in [2.45, 2.75) is 31.7 Å². The van der Waals surface area contributed by atoms with Crippen LogP contribution in [0.1, 0.15) is 36.0 Å². The summed E-state index contributed by atoms with van der Waals surface area (Å²) in [6.07, 6.45) is 4.84. The van der Waals surface area contributed by atoms with Gasteiger partial charge in [-0.15, -0.1) is 0 Å². The summed E-state index contributed by atoms with van der Waals surface area (Å²) < 4.78 is 25.3. The average Bonchev–Trinajstić information content (AvgIpc) is 3.08. The maximum atomic E-state index is 12.9. The van der Waals surface area contributed by atoms with Crippen molar-refractivity contribution in [2.75, 3.05) is 37.3 Å². The molecule has 1 aromatic rings. The lowest BCUT2D eigenvalue weighted by Crippen LogP contribution is -2.46. The highest BCUT2D eigenvalue weighted by atomic mass is 32.2. The Hall–Kier alpha value is -1.60. The van der Waals surface area contributed by atoms with E-state index in [-0.39, 0.29) is 11.9 Å². The number of amides is 1. The number of hydrogen-bond donors (Lipinski definition) is 1. The van der Waals surface area contributed by atoms with Crippen molar-refractivity contribution in [1.82, 2.24) is 9.62 Å². The van der Waals surface area contributed by atoms with Crippen LogP contribution in [-0.4, -0.2) is 57.7 Å². The molecule has 3 rings (SSSR count). The maximum absolute atomic E-state index is 12.9. The van der Waals surface area contributed by atoms with Crippen molar-refractivity contribution >= 4 is 21.6 Å². The van der Waals surface area contributed by atoms with E-state index >= 15 is 0 Å². The molecule has 2 heterocycles. The number of likely N-dealkylation sites (tertiary alicyclic amines) is 1. The van der Waals surface area contributed by atoms with Gasteiger partial charge in [0.15, 0.2) is 0 Å². The predicted molar refractivity (Wildman–Crippen MR) is 94.8 cm³/mol. The van der Waals surface area contributed by atoms with Crippen molar-refractivity contribution < 1.29 is 13.2 Å². The predicted octanol–water partition coefficient (Wildman–Crippen LogP) is 1.44. The first kappa shape index (κ1) is 17.2. The molecule has 2 aliphatic rings. The summed E-state index contributed by atoms with van der Waals surface area (Å²) >= 11 is 0. The number of benzene rings is 1. The van der Waals surface area contributed by atoms with Crippen molar-refractivity contribution in [1.29, 1.82) is 0 Å². The summed E-state index contributed by atoms with van der Waals surface area (Å²) in [5.74, 6) is 0.0512. The number of rotatable bonds is 4. The van der Waals surface area contributed by atoms with Crippen LogP contribution in [0.15, 0.2) is 24.3 Å². The average molecular weight is 351 g/mol. The third kappa shape index (κ3) is 4.08. The molecule has 6 nitrogen and oxygen atoms in total. The van der Waals surface area contributed by atoms with E-state index < -0.39 is 10.0 Å². The molecular formula is C17H25N3O3S. The van der Waals surface area contributed by atoms with E-state index in [1.54, 1.807) is 0 Å². The maximum Gasteiger partial charge on any atom is 0.255 e. The molecule has 1 amide bonds. The third-order valence-electron chi connectivity index (χ3n) is 4.74. The molecule has 0 spiro atoms. The highest BCUT2D eigenvalue weighted by Gasteiger charge is 2.27. The second-order valence-electron chi connectivity index (χ2n) is 6.67. The quantitative estimate of drug-likeness (QED) is 0.891. The third-order valence-corrected chi connectivity index (χ3v) is 5.51. The number of carbonyl (C=O) groups excluding carboxylic acids is 1. The van der Waals surface area contributed by atoms with Crippen LogP contribution in [0.5, 0.6) is 0 Å². The standard InChI is InChI=1S/C17H25N3O3S/c1-24(22,23)18-14-8-12-20(13-9-14)17(21)15-6-2-3-7-16(15)19-10-4-5-11-19/h2-3,6-7,14,18H,4-5,8-13H2,1H3. The van der Waals surface area contributed by atoms with E-state index in [1.165, 1.54) is 19.1 Å². The summed E-state index contributed by atoms with van der Waals surface area (Å²) in [4.78, 5) is 17.1. The van der Waals surface area contributed by atoms with Crippen LogP contribution >= 0.6 is 0 Å². The Bertz CT molecular complexity index is 691. The molecule has 7 heteroatoms. The van der Waals surface area contributed by atoms with Gasteiger partial charge in [-0.2, -0.15) is 0 Å². The first-order valence-electron chi connectivity index (χ1n) is 8.54. The highest BCUT2D eigenvalue weighted by molar-refractivity contribution is 7.88. The molecule has 132 valence electrons. The fourth-order valence-corrected chi connectivity index (χ4v) is 4.40. The Balaban J connectivity index is 1.68. The smallest absolute Gasteiger partial charge is 0.255 e. The molecule has 0 unspecified atom stereocenters. The Morgan fingerprint density at radius 3 is 2.33 bits per heavy atom. The number of nitrogens with one attached hydrogen (secondary N) is 1. The van der Waals surface area contributed by atoms with Crippen LogP contribution in [0, 0.1) is 0 Å². The van der Waals surface area contributed by atoms with E-state index in [0.717, 1.165) is 24.3 Å². The molecule has 0 radical (unpaired) electrons. The molecule has 2 fully saturated rings. The number of carbonyl (C=O) groups is 1. The van der Waals surface area contributed by atoms with E-state index in [0.29, 0.717) is 25.9 Å². The summed E-state index contributed by atoms with van der Waals surface area (Å²) in [5.41, 5.74) is 1.78. The summed E-state index contributed by atoms with van der Waals surface area (Å²) in [6, 6.07) is 7.74. The number of hydrogen-bond acceptors (Lipinski definition) is 4. The van der Waals surface area contributed by atoms with Gasteiger partial charge < -0.3 is 9.80 Å². The van der Waals surface area contributed by atoms with Crippen molar-refractivity contribution in [3.63, 3.8) is 0 Å². The van der Waals surface area contributed by atoms with Gasteiger partial charge in [0.2, 0.25) is 10.0 Å². The Kier molecular flexibility index (Phi) is 5.10. The zero-order valence-electron chi connectivity index (χ0n) is 14.1. The van der Waals surface area contributed by atoms with Gasteiger partial charge in [0.05, 0.1) is 11.8 Å². The number of anilines is 1. The molecule has 2 saturated heterocycles. The summed E-state index contributed by atoms with van der Waals surface area (Å²) in [7, 11) is -3.19. The minimum Gasteiger partial charge on any atom is -0.371 e.